The normalized spacial score (nSPS) is 23.1. The first-order valence-corrected chi connectivity index (χ1v) is 8.10. The number of hydrogen-bond acceptors (Lipinski definition) is 3. The minimum absolute atomic E-state index is 0.0720. The lowest BCUT2D eigenvalue weighted by molar-refractivity contribution is -0.120. The third-order valence-electron chi connectivity index (χ3n) is 4.74. The molecule has 1 saturated carbocycles. The number of carbonyl (C=O) groups excluding carboxylic acids is 1. The van der Waals surface area contributed by atoms with Gasteiger partial charge < -0.3 is 15.4 Å². The van der Waals surface area contributed by atoms with Crippen molar-refractivity contribution in [1.29, 1.82) is 0 Å². The minimum Gasteiger partial charge on any atom is -0.488 e. The van der Waals surface area contributed by atoms with Crippen LogP contribution in [0.5, 0.6) is 5.75 Å². The van der Waals surface area contributed by atoms with Crippen molar-refractivity contribution in [3.8, 4) is 5.75 Å². The third kappa shape index (κ3) is 2.59. The molecule has 1 fully saturated rings. The number of amides is 1. The molecule has 2 aliphatic heterocycles. The first-order chi connectivity index (χ1) is 11.2. The van der Waals surface area contributed by atoms with Gasteiger partial charge in [0.1, 0.15) is 11.9 Å². The van der Waals surface area contributed by atoms with Gasteiger partial charge in [0.25, 0.3) is 0 Å². The Labute approximate surface area is 135 Å². The van der Waals surface area contributed by atoms with Crippen LogP contribution in [0.25, 0.3) is 0 Å². The van der Waals surface area contributed by atoms with Crippen LogP contribution in [0.4, 0.5) is 5.69 Å². The van der Waals surface area contributed by atoms with Crippen molar-refractivity contribution in [3.05, 3.63) is 60.2 Å². The van der Waals surface area contributed by atoms with Crippen LogP contribution in [0.2, 0.25) is 0 Å². The molecule has 2 bridgehead atoms. The molecule has 0 aromatic heterocycles. The van der Waals surface area contributed by atoms with E-state index >= 15 is 0 Å². The van der Waals surface area contributed by atoms with E-state index in [0.717, 1.165) is 29.8 Å². The molecule has 2 heterocycles. The average Bonchev–Trinajstić information content (AvgIpc) is 2.81. The molecule has 1 aliphatic carbocycles. The van der Waals surface area contributed by atoms with Gasteiger partial charge in [0.15, 0.2) is 0 Å². The first kappa shape index (κ1) is 14.3. The Bertz CT molecular complexity index is 710. The van der Waals surface area contributed by atoms with Gasteiger partial charge in [-0.15, -0.1) is 0 Å². The summed E-state index contributed by atoms with van der Waals surface area (Å²) in [5, 5.41) is 0. The van der Waals surface area contributed by atoms with E-state index in [0.29, 0.717) is 6.42 Å². The third-order valence-corrected chi connectivity index (χ3v) is 4.74. The van der Waals surface area contributed by atoms with Gasteiger partial charge in [-0.25, -0.2) is 0 Å². The maximum atomic E-state index is 12.9. The molecule has 0 spiro atoms. The highest BCUT2D eigenvalue weighted by atomic mass is 16.5. The van der Waals surface area contributed by atoms with Gasteiger partial charge in [-0.05, 0) is 17.7 Å². The number of rotatable bonds is 3. The van der Waals surface area contributed by atoms with Crippen LogP contribution in [0.15, 0.2) is 54.6 Å². The molecule has 4 nitrogen and oxygen atoms in total. The zero-order valence-electron chi connectivity index (χ0n) is 12.9. The van der Waals surface area contributed by atoms with Gasteiger partial charge in [-0.2, -0.15) is 0 Å². The number of para-hydroxylation sites is 2. The fraction of sp³-hybridized carbons (Fsp3) is 0.316. The van der Waals surface area contributed by atoms with Crippen LogP contribution in [0, 0.1) is 0 Å². The predicted molar refractivity (Wildman–Crippen MR) is 89.4 cm³/mol. The number of nitrogens with zero attached hydrogens (tertiary/aromatic N) is 1. The summed E-state index contributed by atoms with van der Waals surface area (Å²) in [5.74, 6) is 0.877. The summed E-state index contributed by atoms with van der Waals surface area (Å²) < 4.78 is 5.97. The molecule has 0 unspecified atom stereocenters. The second-order valence-corrected chi connectivity index (χ2v) is 6.32. The Morgan fingerprint density at radius 1 is 1.13 bits per heavy atom. The topological polar surface area (TPSA) is 55.6 Å². The lowest BCUT2D eigenvalue weighted by Gasteiger charge is -2.38. The van der Waals surface area contributed by atoms with Crippen molar-refractivity contribution in [2.45, 2.75) is 37.5 Å². The summed E-state index contributed by atoms with van der Waals surface area (Å²) in [5.41, 5.74) is 8.11. The summed E-state index contributed by atoms with van der Waals surface area (Å²) in [6.07, 6.45) is 2.35. The van der Waals surface area contributed by atoms with Crippen molar-refractivity contribution >= 4 is 11.6 Å². The minimum atomic E-state index is -0.282. The highest BCUT2D eigenvalue weighted by Gasteiger charge is 2.42. The van der Waals surface area contributed by atoms with Gasteiger partial charge in [0.05, 0.1) is 5.69 Å². The first-order valence-electron chi connectivity index (χ1n) is 8.10. The van der Waals surface area contributed by atoms with E-state index in [1.807, 2.05) is 59.5 Å². The van der Waals surface area contributed by atoms with Crippen molar-refractivity contribution < 1.29 is 9.53 Å². The predicted octanol–water partition coefficient (Wildman–Crippen LogP) is 3.03. The van der Waals surface area contributed by atoms with Crippen molar-refractivity contribution in [2.75, 3.05) is 4.90 Å². The second-order valence-electron chi connectivity index (χ2n) is 6.32. The number of hydrogen-bond donors (Lipinski definition) is 1. The highest BCUT2D eigenvalue weighted by Crippen LogP contribution is 2.43. The van der Waals surface area contributed by atoms with Gasteiger partial charge in [-0.1, -0.05) is 42.5 Å². The Balaban J connectivity index is 1.58. The maximum Gasteiger partial charge on any atom is 0.229 e. The van der Waals surface area contributed by atoms with Gasteiger partial charge >= 0.3 is 0 Å². The fourth-order valence-corrected chi connectivity index (χ4v) is 3.42. The van der Waals surface area contributed by atoms with E-state index in [1.165, 1.54) is 0 Å². The van der Waals surface area contributed by atoms with Crippen LogP contribution < -0.4 is 15.4 Å². The molecule has 2 aromatic carbocycles. The summed E-state index contributed by atoms with van der Waals surface area (Å²) >= 11 is 0. The number of carbonyl (C=O) groups is 1. The number of benzene rings is 2. The van der Waals surface area contributed by atoms with Crippen molar-refractivity contribution in [1.82, 2.24) is 0 Å². The van der Waals surface area contributed by atoms with Crippen LogP contribution in [-0.4, -0.2) is 18.1 Å². The smallest absolute Gasteiger partial charge is 0.229 e. The lowest BCUT2D eigenvalue weighted by Crippen LogP contribution is -2.50. The largest absolute Gasteiger partial charge is 0.488 e. The van der Waals surface area contributed by atoms with Crippen molar-refractivity contribution in [3.63, 3.8) is 0 Å². The second kappa shape index (κ2) is 5.70. The number of ether oxygens (including phenoxy) is 1. The van der Waals surface area contributed by atoms with Gasteiger partial charge in [0.2, 0.25) is 5.91 Å². The summed E-state index contributed by atoms with van der Waals surface area (Å²) in [6.45, 7) is 0. The quantitative estimate of drug-likeness (QED) is 0.948. The van der Waals surface area contributed by atoms with E-state index in [1.54, 1.807) is 0 Å². The van der Waals surface area contributed by atoms with E-state index < -0.39 is 0 Å². The summed E-state index contributed by atoms with van der Waals surface area (Å²) in [6, 6.07) is 17.5. The monoisotopic (exact) mass is 308 g/mol. The Kier molecular flexibility index (Phi) is 3.54. The standard InChI is InChI=1S/C19H20N2O2/c20-16(13-6-2-1-3-7-13)12-19(22)21-14-10-15(11-14)23-18-9-5-4-8-17(18)21/h1-9,14-16H,10-12,20H2/t14?,15?,16-/m0/s1. The molecule has 4 heteroatoms. The van der Waals surface area contributed by atoms with E-state index in [9.17, 15) is 4.79 Å². The lowest BCUT2D eigenvalue weighted by atomic mass is 9.87. The van der Waals surface area contributed by atoms with E-state index in [2.05, 4.69) is 0 Å². The number of anilines is 1. The molecule has 2 N–H and O–H groups in total. The molecule has 1 amide bonds. The zero-order valence-corrected chi connectivity index (χ0v) is 12.9. The van der Waals surface area contributed by atoms with Crippen LogP contribution in [0.3, 0.4) is 0 Å². The Hall–Kier alpha value is -2.33. The fourth-order valence-electron chi connectivity index (χ4n) is 3.42. The number of nitrogens with two attached hydrogens (primary N) is 1. The van der Waals surface area contributed by atoms with E-state index in [4.69, 9.17) is 10.5 Å². The summed E-state index contributed by atoms with van der Waals surface area (Å²) in [4.78, 5) is 14.8. The molecule has 118 valence electrons. The molecule has 1 atom stereocenters. The molecule has 0 saturated heterocycles. The summed E-state index contributed by atoms with van der Waals surface area (Å²) in [7, 11) is 0. The van der Waals surface area contributed by atoms with Crippen LogP contribution in [0.1, 0.15) is 30.9 Å². The molecule has 23 heavy (non-hydrogen) atoms. The maximum absolute atomic E-state index is 12.9. The Morgan fingerprint density at radius 3 is 2.61 bits per heavy atom. The molecule has 0 radical (unpaired) electrons. The highest BCUT2D eigenvalue weighted by molar-refractivity contribution is 5.96. The molecular weight excluding hydrogens is 288 g/mol. The zero-order chi connectivity index (χ0) is 15.8. The Morgan fingerprint density at radius 2 is 1.83 bits per heavy atom. The molecule has 3 aliphatic rings. The van der Waals surface area contributed by atoms with Crippen molar-refractivity contribution in [2.24, 2.45) is 5.73 Å². The average molecular weight is 308 g/mol. The van der Waals surface area contributed by atoms with Crippen LogP contribution >= 0.6 is 0 Å². The molecular formula is C19H20N2O2. The van der Waals surface area contributed by atoms with Gasteiger partial charge in [0, 0.05) is 31.3 Å². The van der Waals surface area contributed by atoms with Gasteiger partial charge in [-0.3, -0.25) is 4.79 Å². The van der Waals surface area contributed by atoms with Crippen LogP contribution in [-0.2, 0) is 4.79 Å². The molecule has 2 aromatic rings. The van der Waals surface area contributed by atoms with E-state index in [-0.39, 0.29) is 24.1 Å². The SMILES string of the molecule is N[C@@H](CC(=O)N1c2ccccc2OC2CC1C2)c1ccccc1. The molecule has 5 rings (SSSR count).